The Kier molecular flexibility index (Phi) is 4.29. The van der Waals surface area contributed by atoms with Crippen LogP contribution in [0.25, 0.3) is 0 Å². The van der Waals surface area contributed by atoms with Gasteiger partial charge in [-0.05, 0) is 66.7 Å². The van der Waals surface area contributed by atoms with Gasteiger partial charge in [0, 0.05) is 0 Å². The van der Waals surface area contributed by atoms with E-state index in [9.17, 15) is 4.39 Å². The first-order valence-electron chi connectivity index (χ1n) is 7.37. The van der Waals surface area contributed by atoms with Gasteiger partial charge in [0.25, 0.3) is 0 Å². The smallest absolute Gasteiger partial charge is 0.123 e. The molecule has 3 unspecified atom stereocenters. The Bertz CT molecular complexity index is 404. The van der Waals surface area contributed by atoms with Gasteiger partial charge in [-0.3, -0.25) is 0 Å². The lowest BCUT2D eigenvalue weighted by Gasteiger charge is -2.42. The fourth-order valence-electron chi connectivity index (χ4n) is 3.42. The number of halogens is 1. The molecule has 0 heterocycles. The van der Waals surface area contributed by atoms with Gasteiger partial charge in [0.1, 0.15) is 5.82 Å². The van der Waals surface area contributed by atoms with Crippen LogP contribution in [0.5, 0.6) is 0 Å². The topological polar surface area (TPSA) is 26.0 Å². The molecule has 1 aromatic carbocycles. The summed E-state index contributed by atoms with van der Waals surface area (Å²) in [6.07, 6.45) is 3.64. The van der Waals surface area contributed by atoms with Crippen LogP contribution in [0, 0.1) is 23.1 Å². The van der Waals surface area contributed by atoms with Crippen molar-refractivity contribution in [3.63, 3.8) is 0 Å². The van der Waals surface area contributed by atoms with E-state index in [-0.39, 0.29) is 5.82 Å². The average molecular weight is 263 g/mol. The SMILES string of the molecule is CC(C)(C)C1CCC(CN)C(c2ccc(F)cc2)C1. The highest BCUT2D eigenvalue weighted by atomic mass is 19.1. The zero-order valence-electron chi connectivity index (χ0n) is 12.3. The Morgan fingerprint density at radius 3 is 2.32 bits per heavy atom. The Morgan fingerprint density at radius 1 is 1.16 bits per heavy atom. The second kappa shape index (κ2) is 5.62. The van der Waals surface area contributed by atoms with Crippen LogP contribution in [0.15, 0.2) is 24.3 Å². The first-order valence-corrected chi connectivity index (χ1v) is 7.37. The van der Waals surface area contributed by atoms with Gasteiger partial charge in [-0.2, -0.15) is 0 Å². The summed E-state index contributed by atoms with van der Waals surface area (Å²) in [4.78, 5) is 0. The Hall–Kier alpha value is -0.890. The normalized spacial score (nSPS) is 28.4. The van der Waals surface area contributed by atoms with Gasteiger partial charge in [0.15, 0.2) is 0 Å². The maximum atomic E-state index is 13.1. The summed E-state index contributed by atoms with van der Waals surface area (Å²) in [6.45, 7) is 7.70. The van der Waals surface area contributed by atoms with Crippen molar-refractivity contribution in [1.82, 2.24) is 0 Å². The molecule has 0 bridgehead atoms. The predicted molar refractivity (Wildman–Crippen MR) is 78.5 cm³/mol. The van der Waals surface area contributed by atoms with Crippen molar-refractivity contribution in [2.24, 2.45) is 23.0 Å². The van der Waals surface area contributed by atoms with Gasteiger partial charge in [-0.1, -0.05) is 32.9 Å². The van der Waals surface area contributed by atoms with Gasteiger partial charge in [-0.15, -0.1) is 0 Å². The molecule has 0 radical (unpaired) electrons. The summed E-state index contributed by atoms with van der Waals surface area (Å²) in [7, 11) is 0. The predicted octanol–water partition coefficient (Wildman–Crippen LogP) is 4.33. The summed E-state index contributed by atoms with van der Waals surface area (Å²) in [5, 5.41) is 0. The molecule has 1 aliphatic carbocycles. The Balaban J connectivity index is 2.21. The summed E-state index contributed by atoms with van der Waals surface area (Å²) >= 11 is 0. The molecule has 0 aliphatic heterocycles. The lowest BCUT2D eigenvalue weighted by atomic mass is 9.64. The molecule has 1 saturated carbocycles. The fourth-order valence-corrected chi connectivity index (χ4v) is 3.42. The van der Waals surface area contributed by atoms with Crippen molar-refractivity contribution in [3.05, 3.63) is 35.6 Å². The lowest BCUT2D eigenvalue weighted by molar-refractivity contribution is 0.133. The monoisotopic (exact) mass is 263 g/mol. The quantitative estimate of drug-likeness (QED) is 0.844. The second-order valence-corrected chi connectivity index (χ2v) is 7.03. The highest BCUT2D eigenvalue weighted by Crippen LogP contribution is 2.46. The largest absolute Gasteiger partial charge is 0.330 e. The van der Waals surface area contributed by atoms with Gasteiger partial charge in [0.05, 0.1) is 0 Å². The van der Waals surface area contributed by atoms with Crippen LogP contribution >= 0.6 is 0 Å². The third-order valence-corrected chi connectivity index (χ3v) is 4.82. The molecular formula is C17H26FN. The van der Waals surface area contributed by atoms with E-state index in [2.05, 4.69) is 20.8 Å². The van der Waals surface area contributed by atoms with Crippen molar-refractivity contribution in [1.29, 1.82) is 0 Å². The van der Waals surface area contributed by atoms with E-state index in [1.807, 2.05) is 12.1 Å². The molecule has 3 atom stereocenters. The minimum Gasteiger partial charge on any atom is -0.330 e. The van der Waals surface area contributed by atoms with E-state index < -0.39 is 0 Å². The highest BCUT2D eigenvalue weighted by Gasteiger charge is 2.35. The van der Waals surface area contributed by atoms with Gasteiger partial charge < -0.3 is 5.73 Å². The first kappa shape index (κ1) is 14.5. The molecule has 0 aromatic heterocycles. The first-order chi connectivity index (χ1) is 8.91. The summed E-state index contributed by atoms with van der Waals surface area (Å²) in [5.74, 6) is 1.61. The van der Waals surface area contributed by atoms with Crippen LogP contribution < -0.4 is 5.73 Å². The standard InChI is InChI=1S/C17H26FN/c1-17(2,3)14-7-4-13(11-19)16(10-14)12-5-8-15(18)9-6-12/h5-6,8-9,13-14,16H,4,7,10-11,19H2,1-3H3. The molecular weight excluding hydrogens is 237 g/mol. The minimum atomic E-state index is -0.156. The molecule has 1 aliphatic rings. The Labute approximate surface area is 116 Å². The number of nitrogens with two attached hydrogens (primary N) is 1. The van der Waals surface area contributed by atoms with E-state index in [0.29, 0.717) is 17.3 Å². The van der Waals surface area contributed by atoms with Crippen LogP contribution in [-0.4, -0.2) is 6.54 Å². The third kappa shape index (κ3) is 3.36. The average Bonchev–Trinajstić information content (AvgIpc) is 2.38. The number of benzene rings is 1. The van der Waals surface area contributed by atoms with Crippen LogP contribution in [0.1, 0.15) is 51.5 Å². The minimum absolute atomic E-state index is 0.156. The van der Waals surface area contributed by atoms with Crippen LogP contribution in [-0.2, 0) is 0 Å². The van der Waals surface area contributed by atoms with E-state index in [1.54, 1.807) is 12.1 Å². The number of hydrogen-bond acceptors (Lipinski definition) is 1. The zero-order chi connectivity index (χ0) is 14.0. The van der Waals surface area contributed by atoms with Gasteiger partial charge in [-0.25, -0.2) is 4.39 Å². The highest BCUT2D eigenvalue weighted by molar-refractivity contribution is 5.22. The number of hydrogen-bond donors (Lipinski definition) is 1. The van der Waals surface area contributed by atoms with Gasteiger partial charge in [0.2, 0.25) is 0 Å². The zero-order valence-corrected chi connectivity index (χ0v) is 12.3. The second-order valence-electron chi connectivity index (χ2n) is 7.03. The molecule has 0 spiro atoms. The number of rotatable bonds is 2. The molecule has 19 heavy (non-hydrogen) atoms. The third-order valence-electron chi connectivity index (χ3n) is 4.82. The van der Waals surface area contributed by atoms with E-state index >= 15 is 0 Å². The summed E-state index contributed by atoms with van der Waals surface area (Å²) in [5.41, 5.74) is 7.54. The maximum Gasteiger partial charge on any atom is 0.123 e. The molecule has 1 nitrogen and oxygen atoms in total. The lowest BCUT2D eigenvalue weighted by Crippen LogP contribution is -2.33. The molecule has 1 aromatic rings. The molecule has 0 amide bonds. The van der Waals surface area contributed by atoms with Crippen molar-refractivity contribution >= 4 is 0 Å². The summed E-state index contributed by atoms with van der Waals surface area (Å²) in [6, 6.07) is 7.02. The van der Waals surface area contributed by atoms with Crippen LogP contribution in [0.3, 0.4) is 0 Å². The van der Waals surface area contributed by atoms with E-state index in [0.717, 1.165) is 12.5 Å². The van der Waals surface area contributed by atoms with Crippen LogP contribution in [0.2, 0.25) is 0 Å². The fraction of sp³-hybridized carbons (Fsp3) is 0.647. The van der Waals surface area contributed by atoms with Crippen molar-refractivity contribution < 1.29 is 4.39 Å². The van der Waals surface area contributed by atoms with E-state index in [4.69, 9.17) is 5.73 Å². The molecule has 2 rings (SSSR count). The molecule has 0 saturated heterocycles. The van der Waals surface area contributed by atoms with Crippen molar-refractivity contribution in [3.8, 4) is 0 Å². The van der Waals surface area contributed by atoms with Crippen LogP contribution in [0.4, 0.5) is 4.39 Å². The Morgan fingerprint density at radius 2 is 1.79 bits per heavy atom. The molecule has 2 N–H and O–H groups in total. The summed E-state index contributed by atoms with van der Waals surface area (Å²) < 4.78 is 13.1. The molecule has 1 fully saturated rings. The van der Waals surface area contributed by atoms with Crippen molar-refractivity contribution in [2.45, 2.75) is 46.0 Å². The van der Waals surface area contributed by atoms with Gasteiger partial charge >= 0.3 is 0 Å². The molecule has 2 heteroatoms. The van der Waals surface area contributed by atoms with Crippen molar-refractivity contribution in [2.75, 3.05) is 6.54 Å². The van der Waals surface area contributed by atoms with E-state index in [1.165, 1.54) is 24.8 Å². The maximum absolute atomic E-state index is 13.1. The molecule has 106 valence electrons.